The molecule has 138 valence electrons. The van der Waals surface area contributed by atoms with Crippen molar-refractivity contribution in [3.8, 4) is 11.5 Å². The van der Waals surface area contributed by atoms with Crippen LogP contribution in [0.4, 0.5) is 0 Å². The second-order valence-electron chi connectivity index (χ2n) is 6.37. The third-order valence-electron chi connectivity index (χ3n) is 4.05. The number of carbonyl (C=O) groups excluding carboxylic acids is 2. The molecule has 2 aromatic rings. The zero-order valence-corrected chi connectivity index (χ0v) is 14.8. The Balaban J connectivity index is 1.60. The van der Waals surface area contributed by atoms with Gasteiger partial charge in [-0.15, -0.1) is 0 Å². The van der Waals surface area contributed by atoms with Gasteiger partial charge in [0.15, 0.2) is 17.3 Å². The first kappa shape index (κ1) is 17.8. The van der Waals surface area contributed by atoms with Crippen LogP contribution in [-0.4, -0.2) is 31.1 Å². The van der Waals surface area contributed by atoms with Gasteiger partial charge >= 0.3 is 0 Å². The third kappa shape index (κ3) is 4.17. The Labute approximate surface area is 151 Å². The topological polar surface area (TPSA) is 89.8 Å². The van der Waals surface area contributed by atoms with E-state index < -0.39 is 11.9 Å². The maximum absolute atomic E-state index is 12.5. The molecule has 1 aromatic heterocycles. The van der Waals surface area contributed by atoms with E-state index in [0.29, 0.717) is 31.3 Å². The molecule has 26 heavy (non-hydrogen) atoms. The van der Waals surface area contributed by atoms with Gasteiger partial charge in [-0.25, -0.2) is 0 Å². The largest absolute Gasteiger partial charge is 0.486 e. The Bertz CT molecular complexity index is 770. The number of hydrogen-bond acceptors (Lipinski definition) is 5. The molecule has 0 spiro atoms. The summed E-state index contributed by atoms with van der Waals surface area (Å²) >= 11 is 0. The summed E-state index contributed by atoms with van der Waals surface area (Å²) in [5.41, 5.74) is 0.891. The Kier molecular flexibility index (Phi) is 5.46. The first-order valence-electron chi connectivity index (χ1n) is 8.55. The zero-order chi connectivity index (χ0) is 18.5. The van der Waals surface area contributed by atoms with Crippen molar-refractivity contribution < 1.29 is 23.5 Å². The van der Waals surface area contributed by atoms with E-state index in [2.05, 4.69) is 10.6 Å². The van der Waals surface area contributed by atoms with Gasteiger partial charge in [-0.2, -0.15) is 0 Å². The number of nitrogens with one attached hydrogen (secondary N) is 2. The van der Waals surface area contributed by atoms with Gasteiger partial charge in [-0.05, 0) is 35.7 Å². The first-order chi connectivity index (χ1) is 12.5. The predicted octanol–water partition coefficient (Wildman–Crippen LogP) is 2.12. The highest BCUT2D eigenvalue weighted by molar-refractivity contribution is 5.95. The molecule has 2 amide bonds. The molecule has 0 radical (unpaired) electrons. The molecular weight excluding hydrogens is 336 g/mol. The van der Waals surface area contributed by atoms with Gasteiger partial charge in [-0.1, -0.05) is 19.9 Å². The van der Waals surface area contributed by atoms with Crippen molar-refractivity contribution in [2.75, 3.05) is 13.2 Å². The van der Waals surface area contributed by atoms with Gasteiger partial charge in [-0.3, -0.25) is 9.59 Å². The molecule has 0 saturated heterocycles. The average molecular weight is 358 g/mol. The van der Waals surface area contributed by atoms with Gasteiger partial charge in [0.05, 0.1) is 6.26 Å². The number of rotatable bonds is 6. The van der Waals surface area contributed by atoms with Crippen molar-refractivity contribution in [2.45, 2.75) is 26.4 Å². The summed E-state index contributed by atoms with van der Waals surface area (Å²) < 4.78 is 16.1. The summed E-state index contributed by atoms with van der Waals surface area (Å²) in [4.78, 5) is 24.7. The molecule has 1 aromatic carbocycles. The SMILES string of the molecule is CC(C)C(NC(=O)c1ccco1)C(=O)NCc1ccc2c(c1)OCCO2. The summed E-state index contributed by atoms with van der Waals surface area (Å²) in [6.07, 6.45) is 1.42. The number of benzene rings is 1. The van der Waals surface area contributed by atoms with Crippen LogP contribution in [0.25, 0.3) is 0 Å². The minimum atomic E-state index is -0.662. The molecule has 1 aliphatic rings. The van der Waals surface area contributed by atoms with Crippen LogP contribution in [0.15, 0.2) is 41.0 Å². The second-order valence-corrected chi connectivity index (χ2v) is 6.37. The molecule has 3 rings (SSSR count). The normalized spacial score (nSPS) is 14.0. The van der Waals surface area contributed by atoms with Crippen molar-refractivity contribution in [3.05, 3.63) is 47.9 Å². The lowest BCUT2D eigenvalue weighted by Gasteiger charge is -2.22. The Morgan fingerprint density at radius 1 is 1.12 bits per heavy atom. The van der Waals surface area contributed by atoms with Crippen LogP contribution in [0.3, 0.4) is 0 Å². The van der Waals surface area contributed by atoms with Crippen molar-refractivity contribution in [1.82, 2.24) is 10.6 Å². The van der Waals surface area contributed by atoms with Gasteiger partial charge in [0.2, 0.25) is 5.91 Å². The standard InChI is InChI=1S/C19H22N2O5/c1-12(2)17(21-18(22)15-4-3-7-24-15)19(23)20-11-13-5-6-14-16(10-13)26-9-8-25-14/h3-7,10,12,17H,8-9,11H2,1-2H3,(H,20,23)(H,21,22). The molecule has 0 aliphatic carbocycles. The number of carbonyl (C=O) groups is 2. The smallest absolute Gasteiger partial charge is 0.287 e. The van der Waals surface area contributed by atoms with Gasteiger partial charge in [0.25, 0.3) is 5.91 Å². The van der Waals surface area contributed by atoms with E-state index in [1.807, 2.05) is 32.0 Å². The lowest BCUT2D eigenvalue weighted by molar-refractivity contribution is -0.124. The highest BCUT2D eigenvalue weighted by Gasteiger charge is 2.25. The lowest BCUT2D eigenvalue weighted by Crippen LogP contribution is -2.49. The van der Waals surface area contributed by atoms with Crippen LogP contribution in [0.2, 0.25) is 0 Å². The number of amides is 2. The average Bonchev–Trinajstić information content (AvgIpc) is 3.18. The van der Waals surface area contributed by atoms with Crippen LogP contribution < -0.4 is 20.1 Å². The summed E-state index contributed by atoms with van der Waals surface area (Å²) in [6.45, 7) is 5.12. The van der Waals surface area contributed by atoms with E-state index in [1.165, 1.54) is 6.26 Å². The molecule has 0 fully saturated rings. The molecule has 7 heteroatoms. The van der Waals surface area contributed by atoms with Gasteiger partial charge in [0, 0.05) is 6.54 Å². The molecular formula is C19H22N2O5. The predicted molar refractivity (Wildman–Crippen MR) is 94.1 cm³/mol. The maximum atomic E-state index is 12.5. The van der Waals surface area contributed by atoms with Crippen LogP contribution >= 0.6 is 0 Å². The number of fused-ring (bicyclic) bond motifs is 1. The first-order valence-corrected chi connectivity index (χ1v) is 8.55. The summed E-state index contributed by atoms with van der Waals surface area (Å²) in [6, 6.07) is 8.07. The fraction of sp³-hybridized carbons (Fsp3) is 0.368. The van der Waals surface area contributed by atoms with Crippen LogP contribution in [-0.2, 0) is 11.3 Å². The highest BCUT2D eigenvalue weighted by atomic mass is 16.6. The van der Waals surface area contributed by atoms with Gasteiger partial charge in [0.1, 0.15) is 19.3 Å². The monoisotopic (exact) mass is 358 g/mol. The van der Waals surface area contributed by atoms with Crippen molar-refractivity contribution >= 4 is 11.8 Å². The van der Waals surface area contributed by atoms with E-state index in [1.54, 1.807) is 12.1 Å². The third-order valence-corrected chi connectivity index (χ3v) is 4.05. The van der Waals surface area contributed by atoms with Crippen molar-refractivity contribution in [3.63, 3.8) is 0 Å². The molecule has 1 atom stereocenters. The van der Waals surface area contributed by atoms with E-state index in [-0.39, 0.29) is 17.6 Å². The van der Waals surface area contributed by atoms with Crippen molar-refractivity contribution in [2.24, 2.45) is 5.92 Å². The minimum Gasteiger partial charge on any atom is -0.486 e. The Morgan fingerprint density at radius 3 is 2.58 bits per heavy atom. The Hall–Kier alpha value is -2.96. The van der Waals surface area contributed by atoms with E-state index in [4.69, 9.17) is 13.9 Å². The van der Waals surface area contributed by atoms with Crippen LogP contribution in [0.1, 0.15) is 30.0 Å². The fourth-order valence-electron chi connectivity index (χ4n) is 2.65. The molecule has 2 heterocycles. The number of furan rings is 1. The van der Waals surface area contributed by atoms with Crippen LogP contribution in [0.5, 0.6) is 11.5 Å². The minimum absolute atomic E-state index is 0.0748. The maximum Gasteiger partial charge on any atom is 0.287 e. The highest BCUT2D eigenvalue weighted by Crippen LogP contribution is 2.30. The summed E-state index contributed by atoms with van der Waals surface area (Å²) in [5.74, 6) is 0.814. The molecule has 0 bridgehead atoms. The van der Waals surface area contributed by atoms with E-state index in [0.717, 1.165) is 5.56 Å². The second kappa shape index (κ2) is 7.95. The number of hydrogen-bond donors (Lipinski definition) is 2. The van der Waals surface area contributed by atoms with E-state index in [9.17, 15) is 9.59 Å². The Morgan fingerprint density at radius 2 is 1.88 bits per heavy atom. The molecule has 1 aliphatic heterocycles. The zero-order valence-electron chi connectivity index (χ0n) is 14.8. The van der Waals surface area contributed by atoms with Gasteiger partial charge < -0.3 is 24.5 Å². The molecule has 0 saturated carbocycles. The molecule has 1 unspecified atom stereocenters. The van der Waals surface area contributed by atoms with E-state index >= 15 is 0 Å². The molecule has 7 nitrogen and oxygen atoms in total. The quantitative estimate of drug-likeness (QED) is 0.826. The number of ether oxygens (including phenoxy) is 2. The van der Waals surface area contributed by atoms with Crippen LogP contribution in [0, 0.1) is 5.92 Å². The molecule has 2 N–H and O–H groups in total. The fourth-order valence-corrected chi connectivity index (χ4v) is 2.65. The lowest BCUT2D eigenvalue weighted by atomic mass is 10.0. The van der Waals surface area contributed by atoms with Crippen molar-refractivity contribution in [1.29, 1.82) is 0 Å². The summed E-state index contributed by atoms with van der Waals surface area (Å²) in [7, 11) is 0. The summed E-state index contributed by atoms with van der Waals surface area (Å²) in [5, 5.41) is 5.57.